The first kappa shape index (κ1) is 25.5. The summed E-state index contributed by atoms with van der Waals surface area (Å²) in [5.41, 5.74) is 2.25. The van der Waals surface area contributed by atoms with E-state index in [9.17, 15) is 23.8 Å². The first-order chi connectivity index (χ1) is 18.2. The number of hydrogen-bond acceptors (Lipinski definition) is 5. The van der Waals surface area contributed by atoms with Gasteiger partial charge in [0.05, 0.1) is 31.7 Å². The molecule has 1 aromatic heterocycles. The van der Waals surface area contributed by atoms with E-state index in [-0.39, 0.29) is 22.8 Å². The summed E-state index contributed by atoms with van der Waals surface area (Å²) in [5.74, 6) is -2.46. The summed E-state index contributed by atoms with van der Waals surface area (Å²) in [7, 11) is 4.35. The number of phenols is 1. The van der Waals surface area contributed by atoms with Gasteiger partial charge in [-0.1, -0.05) is 12.5 Å². The predicted molar refractivity (Wildman–Crippen MR) is 138 cm³/mol. The highest BCUT2D eigenvalue weighted by molar-refractivity contribution is 6.04. The van der Waals surface area contributed by atoms with Crippen LogP contribution in [0.2, 0.25) is 0 Å². The van der Waals surface area contributed by atoms with Crippen LogP contribution in [-0.4, -0.2) is 48.7 Å². The van der Waals surface area contributed by atoms with Crippen LogP contribution < -0.4 is 9.47 Å². The number of aromatic hydroxyl groups is 1. The number of hydrogen-bond donors (Lipinski definition) is 2. The van der Waals surface area contributed by atoms with E-state index in [1.165, 1.54) is 38.5 Å². The minimum absolute atomic E-state index is 0.0133. The molecule has 9 heteroatoms. The number of fused-ring (bicyclic) bond motifs is 1. The molecule has 1 heterocycles. The minimum atomic E-state index is -1.14. The summed E-state index contributed by atoms with van der Waals surface area (Å²) < 4.78 is 47.3. The minimum Gasteiger partial charge on any atom is -0.507 e. The summed E-state index contributed by atoms with van der Waals surface area (Å²) in [6.45, 7) is 0.349. The van der Waals surface area contributed by atoms with Crippen LogP contribution in [0.3, 0.4) is 0 Å². The van der Waals surface area contributed by atoms with Crippen LogP contribution in [0.5, 0.6) is 17.2 Å². The molecule has 1 aliphatic carbocycles. The topological polar surface area (TPSA) is 90.2 Å². The maximum absolute atomic E-state index is 14.8. The molecule has 3 aromatic carbocycles. The zero-order chi connectivity index (χ0) is 27.2. The number of ether oxygens (including phenoxy) is 3. The number of carboxylic acids is 1. The Balaban J connectivity index is 1.96. The smallest absolute Gasteiger partial charge is 0.339 e. The molecular weight excluding hydrogens is 496 g/mol. The number of carboxylic acid groups (broad SMARTS) is 1. The number of phenolic OH excluding ortho intramolecular Hbond substituents is 1. The van der Waals surface area contributed by atoms with Crippen molar-refractivity contribution in [2.75, 3.05) is 27.9 Å². The Morgan fingerprint density at radius 1 is 1.00 bits per heavy atom. The summed E-state index contributed by atoms with van der Waals surface area (Å²) in [5, 5.41) is 21.1. The van der Waals surface area contributed by atoms with E-state index in [2.05, 4.69) is 0 Å². The normalized spacial score (nSPS) is 14.3. The fourth-order valence-electron chi connectivity index (χ4n) is 5.55. The van der Waals surface area contributed by atoms with Crippen molar-refractivity contribution in [3.8, 4) is 34.1 Å². The van der Waals surface area contributed by atoms with Crippen LogP contribution in [0.1, 0.15) is 35.3 Å². The number of methoxy groups -OCH3 is 3. The molecule has 2 N–H and O–H groups in total. The van der Waals surface area contributed by atoms with Crippen molar-refractivity contribution in [2.24, 2.45) is 0 Å². The SMILES string of the molecule is COCC1(c2c(-c3ccc(C(=O)O)c(OC)c3)c3c(O)cc(F)cc3n2-c2ccc(F)c(OC)c2)CCC1. The molecule has 0 spiro atoms. The van der Waals surface area contributed by atoms with E-state index in [1.54, 1.807) is 25.3 Å². The number of aromatic nitrogens is 1. The van der Waals surface area contributed by atoms with Gasteiger partial charge in [0.15, 0.2) is 11.6 Å². The van der Waals surface area contributed by atoms with Gasteiger partial charge >= 0.3 is 5.97 Å². The summed E-state index contributed by atoms with van der Waals surface area (Å²) >= 11 is 0. The maximum atomic E-state index is 14.8. The summed E-state index contributed by atoms with van der Waals surface area (Å²) in [6, 6.07) is 11.4. The Morgan fingerprint density at radius 2 is 1.74 bits per heavy atom. The Hall–Kier alpha value is -4.11. The first-order valence-electron chi connectivity index (χ1n) is 12.1. The second kappa shape index (κ2) is 9.64. The lowest BCUT2D eigenvalue weighted by Crippen LogP contribution is -2.41. The molecule has 1 fully saturated rings. The molecule has 0 aliphatic heterocycles. The van der Waals surface area contributed by atoms with E-state index >= 15 is 0 Å². The van der Waals surface area contributed by atoms with Gasteiger partial charge < -0.3 is 29.0 Å². The Morgan fingerprint density at radius 3 is 2.34 bits per heavy atom. The lowest BCUT2D eigenvalue weighted by atomic mass is 9.65. The third-order valence-electron chi connectivity index (χ3n) is 7.36. The number of aromatic carboxylic acids is 1. The highest BCUT2D eigenvalue weighted by atomic mass is 19.1. The van der Waals surface area contributed by atoms with Gasteiger partial charge in [-0.25, -0.2) is 13.6 Å². The van der Waals surface area contributed by atoms with E-state index in [0.717, 1.165) is 31.0 Å². The number of nitrogens with zero attached hydrogens (tertiary/aromatic N) is 1. The Bertz CT molecular complexity index is 1560. The fourth-order valence-corrected chi connectivity index (χ4v) is 5.55. The van der Waals surface area contributed by atoms with Crippen LogP contribution in [0.15, 0.2) is 48.5 Å². The zero-order valence-electron chi connectivity index (χ0n) is 21.2. The van der Waals surface area contributed by atoms with Crippen LogP contribution in [0.4, 0.5) is 8.78 Å². The van der Waals surface area contributed by atoms with Gasteiger partial charge in [0.25, 0.3) is 0 Å². The highest BCUT2D eigenvalue weighted by Gasteiger charge is 2.45. The average Bonchev–Trinajstić information content (AvgIpc) is 3.21. The van der Waals surface area contributed by atoms with Crippen molar-refractivity contribution in [2.45, 2.75) is 24.7 Å². The first-order valence-corrected chi connectivity index (χ1v) is 12.1. The molecule has 0 unspecified atom stereocenters. The van der Waals surface area contributed by atoms with E-state index in [1.807, 2.05) is 4.57 Å². The third kappa shape index (κ3) is 3.94. The van der Waals surface area contributed by atoms with Crippen molar-refractivity contribution in [3.63, 3.8) is 0 Å². The van der Waals surface area contributed by atoms with Crippen molar-refractivity contribution >= 4 is 16.9 Å². The molecule has 0 amide bonds. The summed E-state index contributed by atoms with van der Waals surface area (Å²) in [6.07, 6.45) is 2.45. The van der Waals surface area contributed by atoms with E-state index in [0.29, 0.717) is 34.3 Å². The third-order valence-corrected chi connectivity index (χ3v) is 7.36. The van der Waals surface area contributed by atoms with Gasteiger partial charge in [-0.2, -0.15) is 0 Å². The van der Waals surface area contributed by atoms with Gasteiger partial charge in [0.1, 0.15) is 22.9 Å². The molecule has 0 saturated heterocycles. The molecule has 7 nitrogen and oxygen atoms in total. The molecule has 1 saturated carbocycles. The predicted octanol–water partition coefficient (Wildman–Crippen LogP) is 6.06. The zero-order valence-corrected chi connectivity index (χ0v) is 21.2. The molecule has 38 heavy (non-hydrogen) atoms. The van der Waals surface area contributed by atoms with E-state index < -0.39 is 23.0 Å². The second-order valence-electron chi connectivity index (χ2n) is 9.48. The van der Waals surface area contributed by atoms with Gasteiger partial charge in [0.2, 0.25) is 0 Å². The van der Waals surface area contributed by atoms with Gasteiger partial charge in [0, 0.05) is 41.6 Å². The molecule has 0 radical (unpaired) electrons. The molecule has 0 bridgehead atoms. The molecule has 4 aromatic rings. The van der Waals surface area contributed by atoms with Crippen molar-refractivity contribution in [1.82, 2.24) is 4.57 Å². The van der Waals surface area contributed by atoms with Crippen LogP contribution in [-0.2, 0) is 10.2 Å². The summed E-state index contributed by atoms with van der Waals surface area (Å²) in [4.78, 5) is 11.8. The van der Waals surface area contributed by atoms with Crippen LogP contribution in [0.25, 0.3) is 27.7 Å². The monoisotopic (exact) mass is 523 g/mol. The quantitative estimate of drug-likeness (QED) is 0.292. The maximum Gasteiger partial charge on any atom is 0.339 e. The Kier molecular flexibility index (Phi) is 6.48. The lowest BCUT2D eigenvalue weighted by Gasteiger charge is -2.43. The highest BCUT2D eigenvalue weighted by Crippen LogP contribution is 2.53. The van der Waals surface area contributed by atoms with Crippen molar-refractivity contribution < 1.29 is 38.0 Å². The van der Waals surface area contributed by atoms with Crippen molar-refractivity contribution in [3.05, 3.63) is 71.4 Å². The standard InChI is InChI=1S/C29H27F2NO6/c1-36-15-29(9-4-10-29)27-25(16-5-7-19(28(34)35)23(11-16)37-2)26-21(12-17(30)13-22(26)33)32(27)18-6-8-20(31)24(14-18)38-3/h5-8,11-14,33H,4,9-10,15H2,1-3H3,(H,34,35). The van der Waals surface area contributed by atoms with E-state index in [4.69, 9.17) is 14.2 Å². The number of rotatable bonds is 8. The Labute approximate surface area is 217 Å². The van der Waals surface area contributed by atoms with Crippen LogP contribution >= 0.6 is 0 Å². The largest absolute Gasteiger partial charge is 0.507 e. The molecule has 1 aliphatic rings. The van der Waals surface area contributed by atoms with Gasteiger partial charge in [-0.05, 0) is 48.7 Å². The van der Waals surface area contributed by atoms with Crippen LogP contribution in [0, 0.1) is 11.6 Å². The molecule has 0 atom stereocenters. The molecule has 198 valence electrons. The molecule has 5 rings (SSSR count). The molecular formula is C29H27F2NO6. The lowest BCUT2D eigenvalue weighted by molar-refractivity contribution is 0.0693. The number of carbonyl (C=O) groups is 1. The second-order valence-corrected chi connectivity index (χ2v) is 9.48. The van der Waals surface area contributed by atoms with Gasteiger partial charge in [-0.15, -0.1) is 0 Å². The fraction of sp³-hybridized carbons (Fsp3) is 0.276. The average molecular weight is 524 g/mol. The van der Waals surface area contributed by atoms with Crippen molar-refractivity contribution in [1.29, 1.82) is 0 Å². The van der Waals surface area contributed by atoms with Gasteiger partial charge in [-0.3, -0.25) is 0 Å². The number of halogens is 2. The number of benzene rings is 3.